The first-order valence-corrected chi connectivity index (χ1v) is 12.0. The first kappa shape index (κ1) is 22.6. The van der Waals surface area contributed by atoms with Gasteiger partial charge in [-0.3, -0.25) is 14.5 Å². The van der Waals surface area contributed by atoms with Crippen LogP contribution in [0.3, 0.4) is 0 Å². The molecule has 172 valence electrons. The minimum absolute atomic E-state index is 0.0544. The number of nitrogens with one attached hydrogen (secondary N) is 1. The highest BCUT2D eigenvalue weighted by atomic mass is 16.2. The standard InChI is InChI=1S/C26H36N4O2/c1-18-15-23(19(2)30(18)22-11-4-3-5-12-22)26(32)28-24-13-7-6-9-20(24)16-29-14-8-10-21(17-29)25(27)31/h6-7,9,13,15,21-22H,3-5,8,10-12,14,16-17H2,1-2H3,(H2,27,31)(H,28,32). The Morgan fingerprint density at radius 3 is 2.56 bits per heavy atom. The minimum atomic E-state index is -0.218. The molecule has 1 saturated carbocycles. The molecule has 0 bridgehead atoms. The van der Waals surface area contributed by atoms with E-state index in [1.807, 2.05) is 24.3 Å². The molecule has 4 rings (SSSR count). The number of primary amides is 1. The van der Waals surface area contributed by atoms with Crippen LogP contribution in [-0.2, 0) is 11.3 Å². The van der Waals surface area contributed by atoms with E-state index in [4.69, 9.17) is 5.73 Å². The lowest BCUT2D eigenvalue weighted by Gasteiger charge is -2.31. The van der Waals surface area contributed by atoms with Crippen molar-refractivity contribution in [3.8, 4) is 0 Å². The number of benzene rings is 1. The van der Waals surface area contributed by atoms with E-state index in [2.05, 4.69) is 34.7 Å². The zero-order valence-corrected chi connectivity index (χ0v) is 19.4. The Labute approximate surface area is 191 Å². The Kier molecular flexibility index (Phi) is 6.99. The number of piperidine rings is 1. The predicted octanol–water partition coefficient (Wildman–Crippen LogP) is 4.56. The van der Waals surface area contributed by atoms with Crippen molar-refractivity contribution in [2.45, 2.75) is 71.4 Å². The van der Waals surface area contributed by atoms with Gasteiger partial charge in [0.05, 0.1) is 11.5 Å². The van der Waals surface area contributed by atoms with Crippen LogP contribution >= 0.6 is 0 Å². The summed E-state index contributed by atoms with van der Waals surface area (Å²) in [6.45, 7) is 6.49. The van der Waals surface area contributed by atoms with E-state index >= 15 is 0 Å². The number of likely N-dealkylation sites (tertiary alicyclic amines) is 1. The summed E-state index contributed by atoms with van der Waals surface area (Å²) in [5.41, 5.74) is 10.4. The number of carbonyl (C=O) groups is 2. The summed E-state index contributed by atoms with van der Waals surface area (Å²) in [4.78, 5) is 27.2. The zero-order valence-electron chi connectivity index (χ0n) is 19.4. The average Bonchev–Trinajstić information content (AvgIpc) is 3.10. The fourth-order valence-corrected chi connectivity index (χ4v) is 5.55. The molecular weight excluding hydrogens is 400 g/mol. The number of hydrogen-bond donors (Lipinski definition) is 2. The topological polar surface area (TPSA) is 80.4 Å². The Balaban J connectivity index is 1.49. The highest BCUT2D eigenvalue weighted by Gasteiger charge is 2.25. The highest BCUT2D eigenvalue weighted by molar-refractivity contribution is 6.05. The molecule has 1 aromatic heterocycles. The molecule has 2 amide bonds. The fraction of sp³-hybridized carbons (Fsp3) is 0.538. The maximum atomic E-state index is 13.3. The van der Waals surface area contributed by atoms with E-state index in [1.54, 1.807) is 0 Å². The van der Waals surface area contributed by atoms with Crippen molar-refractivity contribution < 1.29 is 9.59 Å². The zero-order chi connectivity index (χ0) is 22.7. The number of para-hydroxylation sites is 1. The van der Waals surface area contributed by atoms with Crippen LogP contribution in [0.15, 0.2) is 30.3 Å². The van der Waals surface area contributed by atoms with Crippen molar-refractivity contribution in [3.63, 3.8) is 0 Å². The van der Waals surface area contributed by atoms with E-state index in [-0.39, 0.29) is 17.7 Å². The third-order valence-electron chi connectivity index (χ3n) is 7.24. The predicted molar refractivity (Wildman–Crippen MR) is 128 cm³/mol. The monoisotopic (exact) mass is 436 g/mol. The van der Waals surface area contributed by atoms with Gasteiger partial charge in [0.15, 0.2) is 0 Å². The van der Waals surface area contributed by atoms with Gasteiger partial charge in [0.2, 0.25) is 5.91 Å². The third-order valence-corrected chi connectivity index (χ3v) is 7.24. The van der Waals surface area contributed by atoms with E-state index in [0.29, 0.717) is 19.1 Å². The van der Waals surface area contributed by atoms with E-state index in [0.717, 1.165) is 41.9 Å². The molecule has 3 N–H and O–H groups in total. The Morgan fingerprint density at radius 1 is 1.06 bits per heavy atom. The number of carbonyl (C=O) groups excluding carboxylic acids is 2. The molecule has 6 nitrogen and oxygen atoms in total. The molecule has 2 aromatic rings. The van der Waals surface area contributed by atoms with Crippen LogP contribution in [0.5, 0.6) is 0 Å². The van der Waals surface area contributed by atoms with E-state index in [1.165, 1.54) is 37.8 Å². The summed E-state index contributed by atoms with van der Waals surface area (Å²) < 4.78 is 2.37. The summed E-state index contributed by atoms with van der Waals surface area (Å²) in [5, 5.41) is 3.16. The second-order valence-corrected chi connectivity index (χ2v) is 9.53. The first-order chi connectivity index (χ1) is 15.4. The fourth-order valence-electron chi connectivity index (χ4n) is 5.55. The lowest BCUT2D eigenvalue weighted by molar-refractivity contribution is -0.123. The molecule has 1 aliphatic carbocycles. The van der Waals surface area contributed by atoms with Crippen molar-refractivity contribution in [1.82, 2.24) is 9.47 Å². The molecular formula is C26H36N4O2. The van der Waals surface area contributed by atoms with Gasteiger partial charge in [-0.1, -0.05) is 37.5 Å². The largest absolute Gasteiger partial charge is 0.369 e. The summed E-state index contributed by atoms with van der Waals surface area (Å²) in [5.74, 6) is -0.360. The first-order valence-electron chi connectivity index (χ1n) is 12.0. The van der Waals surface area contributed by atoms with Crippen molar-refractivity contribution in [1.29, 1.82) is 0 Å². The molecule has 32 heavy (non-hydrogen) atoms. The van der Waals surface area contributed by atoms with Crippen LogP contribution in [0.4, 0.5) is 5.69 Å². The van der Waals surface area contributed by atoms with Gasteiger partial charge in [0, 0.05) is 36.2 Å². The molecule has 0 spiro atoms. The number of amides is 2. The molecule has 1 saturated heterocycles. The normalized spacial score (nSPS) is 20.2. The van der Waals surface area contributed by atoms with Crippen molar-refractivity contribution >= 4 is 17.5 Å². The minimum Gasteiger partial charge on any atom is -0.369 e. The van der Waals surface area contributed by atoms with Crippen LogP contribution in [0, 0.1) is 19.8 Å². The summed E-state index contributed by atoms with van der Waals surface area (Å²) in [6.07, 6.45) is 8.07. The van der Waals surface area contributed by atoms with Gasteiger partial charge in [-0.15, -0.1) is 0 Å². The van der Waals surface area contributed by atoms with Crippen molar-refractivity contribution in [3.05, 3.63) is 52.8 Å². The van der Waals surface area contributed by atoms with Crippen LogP contribution in [0.2, 0.25) is 0 Å². The van der Waals surface area contributed by atoms with Gasteiger partial charge >= 0.3 is 0 Å². The Bertz CT molecular complexity index is 974. The third kappa shape index (κ3) is 4.90. The highest BCUT2D eigenvalue weighted by Crippen LogP contribution is 2.32. The molecule has 2 fully saturated rings. The number of nitrogens with two attached hydrogens (primary N) is 1. The quantitative estimate of drug-likeness (QED) is 0.697. The molecule has 2 heterocycles. The van der Waals surface area contributed by atoms with Gasteiger partial charge in [0.25, 0.3) is 5.91 Å². The van der Waals surface area contributed by atoms with Crippen LogP contribution in [0.1, 0.15) is 78.3 Å². The molecule has 1 unspecified atom stereocenters. The molecule has 1 atom stereocenters. The number of rotatable bonds is 6. The molecule has 1 aliphatic heterocycles. The van der Waals surface area contributed by atoms with Gasteiger partial charge < -0.3 is 15.6 Å². The maximum absolute atomic E-state index is 13.3. The summed E-state index contributed by atoms with van der Waals surface area (Å²) >= 11 is 0. The van der Waals surface area contributed by atoms with Gasteiger partial charge in [-0.2, -0.15) is 0 Å². The molecule has 0 radical (unpaired) electrons. The van der Waals surface area contributed by atoms with Crippen LogP contribution < -0.4 is 11.1 Å². The molecule has 6 heteroatoms. The number of nitrogens with zero attached hydrogens (tertiary/aromatic N) is 2. The Hall–Kier alpha value is -2.60. The Morgan fingerprint density at radius 2 is 1.81 bits per heavy atom. The van der Waals surface area contributed by atoms with E-state index < -0.39 is 0 Å². The lowest BCUT2D eigenvalue weighted by atomic mass is 9.95. The van der Waals surface area contributed by atoms with Crippen molar-refractivity contribution in [2.75, 3.05) is 18.4 Å². The second kappa shape index (κ2) is 9.90. The summed E-state index contributed by atoms with van der Waals surface area (Å²) in [6, 6.07) is 10.5. The number of aromatic nitrogens is 1. The van der Waals surface area contributed by atoms with Gasteiger partial charge in [0.1, 0.15) is 0 Å². The van der Waals surface area contributed by atoms with Crippen LogP contribution in [-0.4, -0.2) is 34.4 Å². The maximum Gasteiger partial charge on any atom is 0.257 e. The average molecular weight is 437 g/mol. The van der Waals surface area contributed by atoms with Crippen molar-refractivity contribution in [2.24, 2.45) is 11.7 Å². The van der Waals surface area contributed by atoms with Gasteiger partial charge in [-0.25, -0.2) is 0 Å². The number of hydrogen-bond acceptors (Lipinski definition) is 3. The SMILES string of the molecule is Cc1cc(C(=O)Nc2ccccc2CN2CCCC(C(N)=O)C2)c(C)n1C1CCCCC1. The second-order valence-electron chi connectivity index (χ2n) is 9.53. The number of aryl methyl sites for hydroxylation is 1. The summed E-state index contributed by atoms with van der Waals surface area (Å²) in [7, 11) is 0. The molecule has 1 aromatic carbocycles. The van der Waals surface area contributed by atoms with E-state index in [9.17, 15) is 9.59 Å². The van der Waals surface area contributed by atoms with Gasteiger partial charge in [-0.05, 0) is 63.8 Å². The lowest BCUT2D eigenvalue weighted by Crippen LogP contribution is -2.40. The number of anilines is 1. The molecule has 2 aliphatic rings. The smallest absolute Gasteiger partial charge is 0.257 e. The van der Waals surface area contributed by atoms with Crippen LogP contribution in [0.25, 0.3) is 0 Å².